The maximum absolute atomic E-state index is 11.7. The van der Waals surface area contributed by atoms with Gasteiger partial charge in [0.05, 0.1) is 32.7 Å². The standard InChI is InChI=1S/C18H21N3O5/c1-3-8-26-16-10-13(6-7-15(16)24-2)11-20-21-18(23)17(22)19-12-14-5-4-9-25-14/h4-7,9-11H,3,8,12H2,1-2H3,(H,19,22)(H,21,23)/b20-11-. The molecule has 2 N–H and O–H groups in total. The molecule has 0 spiro atoms. The summed E-state index contributed by atoms with van der Waals surface area (Å²) < 4.78 is 15.9. The van der Waals surface area contributed by atoms with Gasteiger partial charge in [-0.1, -0.05) is 6.92 Å². The van der Waals surface area contributed by atoms with Crippen LogP contribution in [0.3, 0.4) is 0 Å². The third-order valence-electron chi connectivity index (χ3n) is 3.24. The SMILES string of the molecule is CCCOc1cc(/C=N\NC(=O)C(=O)NCc2ccco2)ccc1OC. The Morgan fingerprint density at radius 2 is 2.08 bits per heavy atom. The molecule has 138 valence electrons. The molecule has 8 heteroatoms. The van der Waals surface area contributed by atoms with Crippen molar-refractivity contribution >= 4 is 18.0 Å². The zero-order valence-electron chi connectivity index (χ0n) is 14.7. The lowest BCUT2D eigenvalue weighted by atomic mass is 10.2. The second-order valence-electron chi connectivity index (χ2n) is 5.22. The molecule has 0 saturated heterocycles. The number of carbonyl (C=O) groups is 2. The molecule has 0 aliphatic heterocycles. The third kappa shape index (κ3) is 5.66. The molecule has 0 unspecified atom stereocenters. The predicted molar refractivity (Wildman–Crippen MR) is 95.1 cm³/mol. The maximum Gasteiger partial charge on any atom is 0.329 e. The average molecular weight is 359 g/mol. The Bertz CT molecular complexity index is 756. The van der Waals surface area contributed by atoms with E-state index in [0.29, 0.717) is 29.4 Å². The van der Waals surface area contributed by atoms with E-state index in [1.54, 1.807) is 37.4 Å². The lowest BCUT2D eigenvalue weighted by molar-refractivity contribution is -0.139. The van der Waals surface area contributed by atoms with Crippen molar-refractivity contribution in [1.29, 1.82) is 0 Å². The van der Waals surface area contributed by atoms with Crippen molar-refractivity contribution in [2.24, 2.45) is 5.10 Å². The van der Waals surface area contributed by atoms with Crippen LogP contribution >= 0.6 is 0 Å². The number of nitrogens with one attached hydrogen (secondary N) is 2. The number of nitrogens with zero attached hydrogens (tertiary/aromatic N) is 1. The molecule has 2 aromatic rings. The van der Waals surface area contributed by atoms with Crippen LogP contribution in [0, 0.1) is 0 Å². The second kappa shape index (κ2) is 9.87. The number of carbonyl (C=O) groups excluding carboxylic acids is 2. The summed E-state index contributed by atoms with van der Waals surface area (Å²) in [5, 5.41) is 6.21. The summed E-state index contributed by atoms with van der Waals surface area (Å²) in [5.74, 6) is 0.0641. The zero-order chi connectivity index (χ0) is 18.8. The van der Waals surface area contributed by atoms with E-state index in [2.05, 4.69) is 15.8 Å². The van der Waals surface area contributed by atoms with Crippen LogP contribution in [0.15, 0.2) is 46.1 Å². The molecule has 8 nitrogen and oxygen atoms in total. The van der Waals surface area contributed by atoms with Crippen molar-refractivity contribution in [3.05, 3.63) is 47.9 Å². The molecular weight excluding hydrogens is 338 g/mol. The summed E-state index contributed by atoms with van der Waals surface area (Å²) in [6.07, 6.45) is 3.76. The molecule has 0 bridgehead atoms. The van der Waals surface area contributed by atoms with Crippen LogP contribution in [0.5, 0.6) is 11.5 Å². The van der Waals surface area contributed by atoms with E-state index in [0.717, 1.165) is 6.42 Å². The Hall–Kier alpha value is -3.29. The largest absolute Gasteiger partial charge is 0.493 e. The lowest BCUT2D eigenvalue weighted by Crippen LogP contribution is -2.37. The fourth-order valence-corrected chi connectivity index (χ4v) is 1.98. The lowest BCUT2D eigenvalue weighted by Gasteiger charge is -2.10. The van der Waals surface area contributed by atoms with Crippen molar-refractivity contribution in [2.45, 2.75) is 19.9 Å². The van der Waals surface area contributed by atoms with Crippen LogP contribution in [0.2, 0.25) is 0 Å². The highest BCUT2D eigenvalue weighted by molar-refractivity contribution is 6.35. The van der Waals surface area contributed by atoms with Gasteiger partial charge >= 0.3 is 11.8 Å². The van der Waals surface area contributed by atoms with Gasteiger partial charge in [0.25, 0.3) is 0 Å². The molecule has 2 amide bonds. The van der Waals surface area contributed by atoms with Gasteiger partial charge in [-0.2, -0.15) is 5.10 Å². The third-order valence-corrected chi connectivity index (χ3v) is 3.24. The number of hydrogen-bond acceptors (Lipinski definition) is 6. The number of hydrogen-bond donors (Lipinski definition) is 2. The molecule has 26 heavy (non-hydrogen) atoms. The highest BCUT2D eigenvalue weighted by Crippen LogP contribution is 2.27. The minimum atomic E-state index is -0.872. The zero-order valence-corrected chi connectivity index (χ0v) is 14.7. The van der Waals surface area contributed by atoms with E-state index in [9.17, 15) is 9.59 Å². The summed E-state index contributed by atoms with van der Waals surface area (Å²) in [7, 11) is 1.56. The van der Waals surface area contributed by atoms with Crippen molar-refractivity contribution in [3.8, 4) is 11.5 Å². The van der Waals surface area contributed by atoms with E-state index < -0.39 is 11.8 Å². The number of rotatable bonds is 8. The van der Waals surface area contributed by atoms with Crippen LogP contribution in [0.25, 0.3) is 0 Å². The average Bonchev–Trinajstić information content (AvgIpc) is 3.18. The minimum absolute atomic E-state index is 0.125. The van der Waals surface area contributed by atoms with E-state index in [4.69, 9.17) is 13.9 Å². The van der Waals surface area contributed by atoms with Gasteiger partial charge in [-0.15, -0.1) is 0 Å². The number of ether oxygens (including phenoxy) is 2. The Morgan fingerprint density at radius 3 is 2.77 bits per heavy atom. The first-order valence-electron chi connectivity index (χ1n) is 8.08. The Labute approximate surface area is 151 Å². The Balaban J connectivity index is 1.88. The fourth-order valence-electron chi connectivity index (χ4n) is 1.98. The molecule has 1 aromatic carbocycles. The second-order valence-corrected chi connectivity index (χ2v) is 5.22. The predicted octanol–water partition coefficient (Wildman–Crippen LogP) is 1.84. The minimum Gasteiger partial charge on any atom is -0.493 e. The molecule has 1 aromatic heterocycles. The van der Waals surface area contributed by atoms with Gasteiger partial charge in [-0.05, 0) is 42.3 Å². The number of methoxy groups -OCH3 is 1. The summed E-state index contributed by atoms with van der Waals surface area (Å²) in [6.45, 7) is 2.69. The molecule has 0 aliphatic carbocycles. The Kier molecular flexibility index (Phi) is 7.23. The van der Waals surface area contributed by atoms with Gasteiger partial charge in [0.15, 0.2) is 11.5 Å². The summed E-state index contributed by atoms with van der Waals surface area (Å²) in [5.41, 5.74) is 2.86. The normalized spacial score (nSPS) is 10.5. The van der Waals surface area contributed by atoms with Crippen molar-refractivity contribution < 1.29 is 23.5 Å². The van der Waals surface area contributed by atoms with Crippen molar-refractivity contribution in [1.82, 2.24) is 10.7 Å². The van der Waals surface area contributed by atoms with Gasteiger partial charge in [0.1, 0.15) is 5.76 Å². The maximum atomic E-state index is 11.7. The van der Waals surface area contributed by atoms with E-state index in [1.807, 2.05) is 6.92 Å². The summed E-state index contributed by atoms with van der Waals surface area (Å²) in [6, 6.07) is 8.62. The van der Waals surface area contributed by atoms with Crippen molar-refractivity contribution in [2.75, 3.05) is 13.7 Å². The quantitative estimate of drug-likeness (QED) is 0.425. The first kappa shape index (κ1) is 19.0. The fraction of sp³-hybridized carbons (Fsp3) is 0.278. The highest BCUT2D eigenvalue weighted by Gasteiger charge is 2.12. The highest BCUT2D eigenvalue weighted by atomic mass is 16.5. The van der Waals surface area contributed by atoms with Crippen LogP contribution in [0.1, 0.15) is 24.7 Å². The van der Waals surface area contributed by atoms with E-state index >= 15 is 0 Å². The van der Waals surface area contributed by atoms with Crippen LogP contribution < -0.4 is 20.2 Å². The Morgan fingerprint density at radius 1 is 1.23 bits per heavy atom. The first-order chi connectivity index (χ1) is 12.6. The smallest absolute Gasteiger partial charge is 0.329 e. The van der Waals surface area contributed by atoms with Crippen LogP contribution in [-0.4, -0.2) is 31.7 Å². The summed E-state index contributed by atoms with van der Waals surface area (Å²) in [4.78, 5) is 23.4. The number of benzene rings is 1. The monoisotopic (exact) mass is 359 g/mol. The van der Waals surface area contributed by atoms with Gasteiger partial charge in [0.2, 0.25) is 0 Å². The van der Waals surface area contributed by atoms with Crippen LogP contribution in [-0.2, 0) is 16.1 Å². The number of amides is 2. The molecule has 2 rings (SSSR count). The van der Waals surface area contributed by atoms with E-state index in [-0.39, 0.29) is 6.54 Å². The topological polar surface area (TPSA) is 102 Å². The van der Waals surface area contributed by atoms with Gasteiger partial charge in [-0.25, -0.2) is 5.43 Å². The van der Waals surface area contributed by atoms with Gasteiger partial charge in [-0.3, -0.25) is 9.59 Å². The van der Waals surface area contributed by atoms with Crippen LogP contribution in [0.4, 0.5) is 0 Å². The van der Waals surface area contributed by atoms with Gasteiger partial charge in [0, 0.05) is 0 Å². The molecule has 0 aliphatic rings. The van der Waals surface area contributed by atoms with Gasteiger partial charge < -0.3 is 19.2 Å². The molecular formula is C18H21N3O5. The molecule has 0 radical (unpaired) electrons. The molecule has 0 saturated carbocycles. The first-order valence-corrected chi connectivity index (χ1v) is 8.08. The molecule has 1 heterocycles. The summed E-state index contributed by atoms with van der Waals surface area (Å²) >= 11 is 0. The van der Waals surface area contributed by atoms with E-state index in [1.165, 1.54) is 12.5 Å². The van der Waals surface area contributed by atoms with Crippen molar-refractivity contribution in [3.63, 3.8) is 0 Å². The number of hydrazone groups is 1. The molecule has 0 fully saturated rings. The number of furan rings is 1. The molecule has 0 atom stereocenters.